The molecule has 68 heavy (non-hydrogen) atoms. The first-order chi connectivity index (χ1) is 32.5. The van der Waals surface area contributed by atoms with Gasteiger partial charge in [-0.25, -0.2) is 10.2 Å². The van der Waals surface area contributed by atoms with Crippen molar-refractivity contribution >= 4 is 40.4 Å². The Bertz CT molecular complexity index is 2500. The molecule has 2 fully saturated rings. The SMILES string of the molecule is CCn1c(-c2cccnc2[C@H](C)OC)c2c3cc(ccc31)-c1cccc(n1)C[C@H](NC(=O)[C@H](C(C)C)N(C)C(=O)N1CCCCN(C(=O)COC)C1)C(=O)N1CCCC(N1)C(=O)CCC(C)(C)C2.[HH].[HH]. The molecule has 2 N–H and O–H groups in total. The molecule has 0 saturated carbocycles. The van der Waals surface area contributed by atoms with Crippen LogP contribution in [0.25, 0.3) is 33.4 Å². The number of carbonyl (C=O) groups is 5. The lowest BCUT2D eigenvalue weighted by molar-refractivity contribution is -0.143. The number of hydrogen-bond donors (Lipinski definition) is 2. The Morgan fingerprint density at radius 3 is 2.49 bits per heavy atom. The van der Waals surface area contributed by atoms with Gasteiger partial charge in [0.1, 0.15) is 18.7 Å². The second-order valence-electron chi connectivity index (χ2n) is 19.8. The number of ketones is 1. The lowest BCUT2D eigenvalue weighted by Gasteiger charge is -2.38. The standard InChI is InChI=1S/C52H71N9O7.2H2/c1-10-60-43-21-20-35-28-38(43)39(48(60)37-17-14-24-53-46(37)34(4)68-9)30-52(5,6)23-22-44(62)41-19-15-27-61(56-41)50(65)42(29-36-16-13-18-40(35)54-36)55-49(64)47(33(2)3)57(7)51(66)59-26-12-11-25-58(32-59)45(63)31-67-8;;/h13-14,16-18,20-21,24,28,33-34,41-42,47,56H,10-12,15,19,22-23,25-27,29-32H2,1-9H3,(H,55,64);2*1H/t34-,41?,42-,47-;;/m0../s1. The van der Waals surface area contributed by atoms with Crippen LogP contribution < -0.4 is 10.7 Å². The number of hydrogen-bond acceptors (Lipinski definition) is 10. The molecule has 3 aliphatic rings. The number of carbonyl (C=O) groups excluding carboxylic acids is 5. The highest BCUT2D eigenvalue weighted by Crippen LogP contribution is 2.42. The van der Waals surface area contributed by atoms with E-state index in [9.17, 15) is 24.0 Å². The number of urea groups is 1. The molecule has 3 aromatic heterocycles. The van der Waals surface area contributed by atoms with Gasteiger partial charge in [-0.2, -0.15) is 0 Å². The molecule has 4 atom stereocenters. The number of Topliss-reactive ketones (excluding diaryl/α,β-unsaturated/α-hetero) is 1. The van der Waals surface area contributed by atoms with Crippen LogP contribution in [0.1, 0.15) is 106 Å². The topological polar surface area (TPSA) is 172 Å². The van der Waals surface area contributed by atoms with Gasteiger partial charge >= 0.3 is 6.03 Å². The van der Waals surface area contributed by atoms with Crippen LogP contribution >= 0.6 is 0 Å². The molecule has 4 aromatic rings. The Balaban J connectivity index is 0.00000456. The van der Waals surface area contributed by atoms with Crippen molar-refractivity contribution in [3.05, 3.63) is 71.7 Å². The minimum atomic E-state index is -1.09. The van der Waals surface area contributed by atoms with E-state index in [-0.39, 0.29) is 51.7 Å². The van der Waals surface area contributed by atoms with Gasteiger partial charge in [-0.05, 0) is 106 Å². The molecule has 3 aliphatic heterocycles. The predicted octanol–water partition coefficient (Wildman–Crippen LogP) is 7.04. The van der Waals surface area contributed by atoms with Crippen molar-refractivity contribution in [3.63, 3.8) is 0 Å². The summed E-state index contributed by atoms with van der Waals surface area (Å²) in [5.74, 6) is -1.40. The number of methoxy groups -OCH3 is 2. The minimum absolute atomic E-state index is 0. The molecule has 16 nitrogen and oxygen atoms in total. The van der Waals surface area contributed by atoms with E-state index in [1.165, 1.54) is 22.6 Å². The third-order valence-electron chi connectivity index (χ3n) is 13.9. The van der Waals surface area contributed by atoms with Gasteiger partial charge in [0, 0.05) is 97.1 Å². The number of nitrogens with one attached hydrogen (secondary N) is 2. The van der Waals surface area contributed by atoms with Gasteiger partial charge < -0.3 is 34.1 Å². The Labute approximate surface area is 404 Å². The van der Waals surface area contributed by atoms with Crippen LogP contribution in [-0.2, 0) is 48.0 Å². The summed E-state index contributed by atoms with van der Waals surface area (Å²) in [5.41, 5.74) is 10.4. The highest BCUT2D eigenvalue weighted by atomic mass is 16.5. The number of pyridine rings is 2. The molecular formula is C52H75N9O7. The van der Waals surface area contributed by atoms with Crippen LogP contribution in [0.3, 0.4) is 0 Å². The summed E-state index contributed by atoms with van der Waals surface area (Å²) in [6.07, 6.45) is 5.86. The Morgan fingerprint density at radius 2 is 1.76 bits per heavy atom. The zero-order valence-electron chi connectivity index (χ0n) is 41.5. The predicted molar refractivity (Wildman–Crippen MR) is 265 cm³/mol. The van der Waals surface area contributed by atoms with E-state index in [0.717, 1.165) is 45.5 Å². The van der Waals surface area contributed by atoms with Crippen LogP contribution in [0, 0.1) is 11.3 Å². The molecule has 0 spiro atoms. The number of amides is 5. The molecule has 1 unspecified atom stereocenters. The zero-order valence-corrected chi connectivity index (χ0v) is 41.5. The number of nitrogens with zero attached hydrogens (tertiary/aromatic N) is 7. The lowest BCUT2D eigenvalue weighted by Crippen LogP contribution is -2.62. The van der Waals surface area contributed by atoms with E-state index in [4.69, 9.17) is 19.4 Å². The van der Waals surface area contributed by atoms with E-state index in [2.05, 4.69) is 60.3 Å². The first-order valence-electron chi connectivity index (χ1n) is 24.3. The molecule has 6 heterocycles. The van der Waals surface area contributed by atoms with Crippen LogP contribution in [-0.4, -0.2) is 136 Å². The molecule has 370 valence electrons. The summed E-state index contributed by atoms with van der Waals surface area (Å²) >= 11 is 0. The molecule has 5 amide bonds. The van der Waals surface area contributed by atoms with E-state index in [0.29, 0.717) is 70.4 Å². The van der Waals surface area contributed by atoms with Gasteiger partial charge in [-0.3, -0.25) is 34.2 Å². The maximum atomic E-state index is 14.8. The highest BCUT2D eigenvalue weighted by Gasteiger charge is 2.39. The molecule has 1 aromatic carbocycles. The van der Waals surface area contributed by atoms with Gasteiger partial charge in [0.15, 0.2) is 5.78 Å². The molecule has 16 heteroatoms. The van der Waals surface area contributed by atoms with Crippen molar-refractivity contribution in [2.45, 2.75) is 124 Å². The second kappa shape index (κ2) is 21.7. The first-order valence-corrected chi connectivity index (χ1v) is 24.3. The normalized spacial score (nSPS) is 20.2. The average Bonchev–Trinajstić information content (AvgIpc) is 3.43. The number of benzene rings is 1. The van der Waals surface area contributed by atoms with E-state index in [1.807, 2.05) is 45.0 Å². The number of fused-ring (bicyclic) bond motifs is 6. The van der Waals surface area contributed by atoms with Gasteiger partial charge in [-0.1, -0.05) is 39.8 Å². The van der Waals surface area contributed by atoms with Crippen LogP contribution in [0.4, 0.5) is 4.79 Å². The van der Waals surface area contributed by atoms with Crippen molar-refractivity contribution in [1.29, 1.82) is 0 Å². The van der Waals surface area contributed by atoms with E-state index >= 15 is 0 Å². The maximum absolute atomic E-state index is 14.8. The van der Waals surface area contributed by atoms with Crippen molar-refractivity contribution in [3.8, 4) is 22.5 Å². The van der Waals surface area contributed by atoms with E-state index < -0.39 is 36.0 Å². The van der Waals surface area contributed by atoms with Crippen molar-refractivity contribution in [1.82, 2.24) is 45.0 Å². The molecule has 6 bridgehead atoms. The molecular weight excluding hydrogens is 863 g/mol. The first kappa shape index (κ1) is 50.2. The third-order valence-corrected chi connectivity index (χ3v) is 13.9. The number of likely N-dealkylation sites (N-methyl/N-ethyl adjacent to an activating group) is 1. The van der Waals surface area contributed by atoms with Crippen molar-refractivity contribution in [2.75, 3.05) is 54.2 Å². The number of rotatable bonds is 10. The average molecular weight is 938 g/mol. The molecule has 7 rings (SSSR count). The summed E-state index contributed by atoms with van der Waals surface area (Å²) in [4.78, 5) is 85.2. The molecule has 0 aliphatic carbocycles. The Hall–Kier alpha value is -5.71. The number of aryl methyl sites for hydroxylation is 1. The number of ether oxygens (including phenoxy) is 2. The van der Waals surface area contributed by atoms with Crippen molar-refractivity contribution in [2.24, 2.45) is 11.3 Å². The number of aromatic nitrogens is 3. The van der Waals surface area contributed by atoms with Crippen LogP contribution in [0.15, 0.2) is 54.7 Å². The summed E-state index contributed by atoms with van der Waals surface area (Å²) < 4.78 is 13.3. The van der Waals surface area contributed by atoms with Crippen LogP contribution in [0.2, 0.25) is 0 Å². The van der Waals surface area contributed by atoms with Crippen LogP contribution in [0.5, 0.6) is 0 Å². The quantitative estimate of drug-likeness (QED) is 0.168. The smallest absolute Gasteiger partial charge is 0.321 e. The molecule has 0 radical (unpaired) electrons. The number of hydrazine groups is 1. The maximum Gasteiger partial charge on any atom is 0.321 e. The van der Waals surface area contributed by atoms with Gasteiger partial charge in [0.2, 0.25) is 11.8 Å². The summed E-state index contributed by atoms with van der Waals surface area (Å²) in [5, 5.41) is 5.64. The largest absolute Gasteiger partial charge is 0.375 e. The monoisotopic (exact) mass is 938 g/mol. The van der Waals surface area contributed by atoms with Crippen molar-refractivity contribution < 1.29 is 36.3 Å². The Kier molecular flexibility index (Phi) is 16.0. The summed E-state index contributed by atoms with van der Waals surface area (Å²) in [6.45, 7) is 14.3. The van der Waals surface area contributed by atoms with Gasteiger partial charge in [-0.15, -0.1) is 0 Å². The summed E-state index contributed by atoms with van der Waals surface area (Å²) in [7, 11) is 4.75. The van der Waals surface area contributed by atoms with Gasteiger partial charge in [0.05, 0.1) is 35.9 Å². The minimum Gasteiger partial charge on any atom is -0.375 e. The fourth-order valence-corrected chi connectivity index (χ4v) is 10.2. The third kappa shape index (κ3) is 10.9. The fourth-order valence-electron chi connectivity index (χ4n) is 10.2. The van der Waals surface area contributed by atoms with E-state index in [1.54, 1.807) is 30.2 Å². The second-order valence-corrected chi connectivity index (χ2v) is 19.8. The summed E-state index contributed by atoms with van der Waals surface area (Å²) in [6, 6.07) is 13.2. The highest BCUT2D eigenvalue weighted by molar-refractivity contribution is 5.96. The zero-order chi connectivity index (χ0) is 48.9. The molecule has 2 saturated heterocycles. The van der Waals surface area contributed by atoms with Gasteiger partial charge in [0.25, 0.3) is 5.91 Å². The lowest BCUT2D eigenvalue weighted by atomic mass is 9.79. The fraction of sp³-hybridized carbons (Fsp3) is 0.558. The Morgan fingerprint density at radius 1 is 1.00 bits per heavy atom.